The van der Waals surface area contributed by atoms with Crippen LogP contribution in [0.5, 0.6) is 5.75 Å². The normalized spacial score (nSPS) is 21.4. The summed E-state index contributed by atoms with van der Waals surface area (Å²) in [6.07, 6.45) is 6.02. The van der Waals surface area contributed by atoms with Crippen LogP contribution in [0.1, 0.15) is 32.1 Å². The van der Waals surface area contributed by atoms with Crippen LogP contribution in [0, 0.1) is 0 Å². The van der Waals surface area contributed by atoms with Crippen LogP contribution in [-0.2, 0) is 4.79 Å². The Bertz CT molecular complexity index is 518. The van der Waals surface area contributed by atoms with Crippen LogP contribution in [0.4, 0.5) is 0 Å². The number of rotatable bonds is 5. The van der Waals surface area contributed by atoms with E-state index in [4.69, 9.17) is 16.3 Å². The Morgan fingerprint density at radius 2 is 1.75 bits per heavy atom. The van der Waals surface area contributed by atoms with Gasteiger partial charge in [-0.15, -0.1) is 12.4 Å². The topological polar surface area (TPSA) is 32.8 Å². The van der Waals surface area contributed by atoms with Crippen LogP contribution in [-0.4, -0.2) is 54.5 Å². The van der Waals surface area contributed by atoms with Gasteiger partial charge in [0.2, 0.25) is 0 Å². The molecule has 2 heterocycles. The molecule has 2 saturated heterocycles. The Morgan fingerprint density at radius 3 is 2.46 bits per heavy atom. The van der Waals surface area contributed by atoms with Crippen LogP contribution in [0.25, 0.3) is 0 Å². The summed E-state index contributed by atoms with van der Waals surface area (Å²) in [5.74, 6) is 0.791. The second-order valence-corrected chi connectivity index (χ2v) is 6.92. The van der Waals surface area contributed by atoms with E-state index in [-0.39, 0.29) is 24.9 Å². The van der Waals surface area contributed by atoms with Crippen LogP contribution in [0.2, 0.25) is 5.02 Å². The summed E-state index contributed by atoms with van der Waals surface area (Å²) in [5, 5.41) is 0.672. The lowest BCUT2D eigenvalue weighted by Gasteiger charge is -2.37. The van der Waals surface area contributed by atoms with Crippen LogP contribution in [0.15, 0.2) is 24.3 Å². The number of carbonyl (C=O) groups is 1. The maximum Gasteiger partial charge on any atom is 0.260 e. The highest BCUT2D eigenvalue weighted by Gasteiger charge is 2.29. The van der Waals surface area contributed by atoms with Gasteiger partial charge in [-0.3, -0.25) is 4.79 Å². The Labute approximate surface area is 155 Å². The van der Waals surface area contributed by atoms with Crippen molar-refractivity contribution in [1.29, 1.82) is 0 Å². The van der Waals surface area contributed by atoms with Crippen molar-refractivity contribution in [2.24, 2.45) is 0 Å². The van der Waals surface area contributed by atoms with E-state index in [1.54, 1.807) is 24.3 Å². The van der Waals surface area contributed by atoms with Gasteiger partial charge in [-0.05, 0) is 69.5 Å². The van der Waals surface area contributed by atoms with E-state index in [0.717, 1.165) is 25.9 Å². The molecule has 24 heavy (non-hydrogen) atoms. The number of hydrogen-bond donors (Lipinski definition) is 0. The van der Waals surface area contributed by atoms with Gasteiger partial charge in [0.1, 0.15) is 5.75 Å². The van der Waals surface area contributed by atoms with Crippen molar-refractivity contribution >= 4 is 29.9 Å². The van der Waals surface area contributed by atoms with Gasteiger partial charge in [-0.25, -0.2) is 0 Å². The SMILES string of the molecule is Cl.O=C(COc1ccc(Cl)cc1)N1CCCCC1CN1CCCC1. The first kappa shape index (κ1) is 19.4. The highest BCUT2D eigenvalue weighted by Crippen LogP contribution is 2.21. The molecule has 0 N–H and O–H groups in total. The Balaban J connectivity index is 0.00000208. The fourth-order valence-electron chi connectivity index (χ4n) is 3.54. The summed E-state index contributed by atoms with van der Waals surface area (Å²) >= 11 is 5.86. The number of nitrogens with zero attached hydrogens (tertiary/aromatic N) is 2. The summed E-state index contributed by atoms with van der Waals surface area (Å²) in [7, 11) is 0. The van der Waals surface area contributed by atoms with E-state index < -0.39 is 0 Å². The van der Waals surface area contributed by atoms with Crippen LogP contribution in [0.3, 0.4) is 0 Å². The van der Waals surface area contributed by atoms with Crippen molar-refractivity contribution in [3.63, 3.8) is 0 Å². The van der Waals surface area contributed by atoms with Crippen molar-refractivity contribution in [2.45, 2.75) is 38.1 Å². The lowest BCUT2D eigenvalue weighted by atomic mass is 10.0. The number of amides is 1. The molecule has 3 rings (SSSR count). The molecule has 134 valence electrons. The summed E-state index contributed by atoms with van der Waals surface area (Å²) < 4.78 is 5.63. The lowest BCUT2D eigenvalue weighted by Crippen LogP contribution is -2.50. The number of benzene rings is 1. The second kappa shape index (κ2) is 9.50. The molecule has 0 saturated carbocycles. The molecule has 6 heteroatoms. The number of likely N-dealkylation sites (tertiary alicyclic amines) is 2. The average Bonchev–Trinajstić information content (AvgIpc) is 3.07. The lowest BCUT2D eigenvalue weighted by molar-refractivity contribution is -0.137. The Morgan fingerprint density at radius 1 is 1.08 bits per heavy atom. The first-order chi connectivity index (χ1) is 11.2. The van der Waals surface area contributed by atoms with E-state index >= 15 is 0 Å². The molecule has 1 unspecified atom stereocenters. The summed E-state index contributed by atoms with van der Waals surface area (Å²) in [6.45, 7) is 4.35. The smallest absolute Gasteiger partial charge is 0.260 e. The number of piperidine rings is 1. The fourth-order valence-corrected chi connectivity index (χ4v) is 3.67. The minimum atomic E-state index is 0. The van der Waals surface area contributed by atoms with Gasteiger partial charge in [-0.2, -0.15) is 0 Å². The van der Waals surface area contributed by atoms with Gasteiger partial charge in [-0.1, -0.05) is 11.6 Å². The number of hydrogen-bond acceptors (Lipinski definition) is 3. The van der Waals surface area contributed by atoms with Gasteiger partial charge >= 0.3 is 0 Å². The third-order valence-corrected chi connectivity index (χ3v) is 5.04. The molecule has 2 fully saturated rings. The molecule has 0 aromatic heterocycles. The maximum atomic E-state index is 12.6. The van der Waals surface area contributed by atoms with Crippen molar-refractivity contribution in [3.05, 3.63) is 29.3 Å². The number of carbonyl (C=O) groups excluding carboxylic acids is 1. The Kier molecular flexibility index (Phi) is 7.66. The van der Waals surface area contributed by atoms with E-state index in [9.17, 15) is 4.79 Å². The van der Waals surface area contributed by atoms with Gasteiger partial charge in [0.05, 0.1) is 0 Å². The van der Waals surface area contributed by atoms with E-state index in [1.165, 1.54) is 32.4 Å². The largest absolute Gasteiger partial charge is 0.484 e. The van der Waals surface area contributed by atoms with E-state index in [0.29, 0.717) is 16.8 Å². The van der Waals surface area contributed by atoms with Gasteiger partial charge < -0.3 is 14.5 Å². The fraction of sp³-hybridized carbons (Fsp3) is 0.611. The molecule has 1 aromatic carbocycles. The first-order valence-corrected chi connectivity index (χ1v) is 9.00. The highest BCUT2D eigenvalue weighted by atomic mass is 35.5. The molecule has 1 amide bonds. The van der Waals surface area contributed by atoms with Crippen molar-refractivity contribution in [3.8, 4) is 5.75 Å². The summed E-state index contributed by atoms with van der Waals surface area (Å²) in [6, 6.07) is 7.50. The molecule has 0 aliphatic carbocycles. The monoisotopic (exact) mass is 372 g/mol. The van der Waals surface area contributed by atoms with Crippen molar-refractivity contribution in [2.75, 3.05) is 32.8 Å². The quantitative estimate of drug-likeness (QED) is 0.791. The molecule has 2 aliphatic heterocycles. The summed E-state index contributed by atoms with van der Waals surface area (Å²) in [4.78, 5) is 17.1. The number of ether oxygens (including phenoxy) is 1. The molecule has 0 radical (unpaired) electrons. The minimum Gasteiger partial charge on any atom is -0.484 e. The van der Waals surface area contributed by atoms with Gasteiger partial charge in [0.25, 0.3) is 5.91 Å². The predicted molar refractivity (Wildman–Crippen MR) is 99.2 cm³/mol. The third-order valence-electron chi connectivity index (χ3n) is 4.79. The van der Waals surface area contributed by atoms with E-state index in [1.807, 2.05) is 4.90 Å². The molecular weight excluding hydrogens is 347 g/mol. The zero-order chi connectivity index (χ0) is 16.1. The average molecular weight is 373 g/mol. The van der Waals surface area contributed by atoms with Gasteiger partial charge in [0, 0.05) is 24.2 Å². The molecule has 4 nitrogen and oxygen atoms in total. The standard InChI is InChI=1S/C18H25ClN2O2.ClH/c19-15-6-8-17(9-7-15)23-14-18(22)21-12-2-1-5-16(21)13-20-10-3-4-11-20;/h6-9,16H,1-5,10-14H2;1H. The van der Waals surface area contributed by atoms with Crippen LogP contribution >= 0.6 is 24.0 Å². The molecule has 2 aliphatic rings. The second-order valence-electron chi connectivity index (χ2n) is 6.49. The zero-order valence-electron chi connectivity index (χ0n) is 14.0. The first-order valence-electron chi connectivity index (χ1n) is 8.62. The molecule has 0 bridgehead atoms. The van der Waals surface area contributed by atoms with Crippen molar-refractivity contribution < 1.29 is 9.53 Å². The van der Waals surface area contributed by atoms with Gasteiger partial charge in [0.15, 0.2) is 6.61 Å². The predicted octanol–water partition coefficient (Wildman–Crippen LogP) is 3.62. The molecule has 0 spiro atoms. The molecule has 1 atom stereocenters. The Hall–Kier alpha value is -0.970. The minimum absolute atomic E-state index is 0. The zero-order valence-corrected chi connectivity index (χ0v) is 15.5. The highest BCUT2D eigenvalue weighted by molar-refractivity contribution is 6.30. The third kappa shape index (κ3) is 5.27. The van der Waals surface area contributed by atoms with E-state index in [2.05, 4.69) is 4.90 Å². The number of halogens is 2. The summed E-state index contributed by atoms with van der Waals surface area (Å²) in [5.41, 5.74) is 0. The van der Waals surface area contributed by atoms with Crippen LogP contribution < -0.4 is 4.74 Å². The maximum absolute atomic E-state index is 12.6. The molecular formula is C18H26Cl2N2O2. The van der Waals surface area contributed by atoms with Crippen molar-refractivity contribution in [1.82, 2.24) is 9.80 Å². The molecule has 1 aromatic rings.